The molecule has 0 saturated carbocycles. The molecule has 0 unspecified atom stereocenters. The van der Waals surface area contributed by atoms with Crippen LogP contribution in [0.15, 0.2) is 29.8 Å². The Balaban J connectivity index is 2.46. The van der Waals surface area contributed by atoms with E-state index in [1.165, 1.54) is 70.8 Å². The molecule has 0 heterocycles. The minimum Gasteiger partial charge on any atom is -0.421 e. The van der Waals surface area contributed by atoms with Crippen molar-refractivity contribution in [3.8, 4) is 0 Å². The molecule has 0 aromatic heterocycles. The van der Waals surface area contributed by atoms with Crippen LogP contribution in [0.2, 0.25) is 0 Å². The monoisotopic (exact) mass is 388 g/mol. The Morgan fingerprint density at radius 1 is 0.821 bits per heavy atom. The van der Waals surface area contributed by atoms with Gasteiger partial charge in [-0.1, -0.05) is 76.1 Å². The second-order valence-electron chi connectivity index (χ2n) is 7.41. The first-order valence-electron chi connectivity index (χ1n) is 10.5. The molecule has 0 bridgehead atoms. The molecule has 0 saturated heterocycles. The first kappa shape index (κ1) is 23.9. The highest BCUT2D eigenvalue weighted by molar-refractivity contribution is 5.69. The van der Waals surface area contributed by atoms with E-state index in [0.29, 0.717) is 5.57 Å². The summed E-state index contributed by atoms with van der Waals surface area (Å²) in [6.45, 7) is 6.62. The molecule has 0 atom stereocenters. The van der Waals surface area contributed by atoms with Crippen molar-refractivity contribution in [2.24, 2.45) is 0 Å². The summed E-state index contributed by atoms with van der Waals surface area (Å²) in [4.78, 5) is 22.4. The molecule has 1 aromatic rings. The first-order chi connectivity index (χ1) is 13.4. The number of carbonyl (C=O) groups excluding carboxylic acids is 2. The van der Waals surface area contributed by atoms with E-state index in [1.807, 2.05) is 18.2 Å². The number of esters is 2. The predicted molar refractivity (Wildman–Crippen MR) is 114 cm³/mol. The van der Waals surface area contributed by atoms with Crippen molar-refractivity contribution in [3.05, 3.63) is 41.0 Å². The highest BCUT2D eigenvalue weighted by Crippen LogP contribution is 2.16. The summed E-state index contributed by atoms with van der Waals surface area (Å²) in [5.41, 5.74) is 2.99. The summed E-state index contributed by atoms with van der Waals surface area (Å²) < 4.78 is 10.2. The van der Waals surface area contributed by atoms with Crippen molar-refractivity contribution in [1.82, 2.24) is 0 Å². The van der Waals surface area contributed by atoms with Crippen LogP contribution in [0.3, 0.4) is 0 Å². The van der Waals surface area contributed by atoms with Gasteiger partial charge in [-0.15, -0.1) is 0 Å². The molecule has 0 aliphatic rings. The molecule has 0 fully saturated rings. The van der Waals surface area contributed by atoms with E-state index in [0.717, 1.165) is 12.0 Å². The van der Waals surface area contributed by atoms with Crippen LogP contribution >= 0.6 is 0 Å². The van der Waals surface area contributed by atoms with Crippen molar-refractivity contribution >= 4 is 18.0 Å². The van der Waals surface area contributed by atoms with E-state index in [2.05, 4.69) is 19.1 Å². The van der Waals surface area contributed by atoms with Crippen LogP contribution in [0, 0.1) is 0 Å². The second-order valence-corrected chi connectivity index (χ2v) is 7.41. The van der Waals surface area contributed by atoms with Crippen molar-refractivity contribution in [3.63, 3.8) is 0 Å². The van der Waals surface area contributed by atoms with Crippen LogP contribution in [-0.4, -0.2) is 18.2 Å². The molecule has 156 valence electrons. The number of carbonyl (C=O) groups is 2. The van der Waals surface area contributed by atoms with Gasteiger partial charge in [-0.05, 0) is 37.0 Å². The molecule has 1 rings (SSSR count). The molecule has 28 heavy (non-hydrogen) atoms. The SMILES string of the molecule is CCCCCCCCCCc1ccc(C=C(C)C(OC(C)=O)OC(C)=O)cc1. The number of aryl methyl sites for hydroxylation is 1. The van der Waals surface area contributed by atoms with Gasteiger partial charge in [-0.3, -0.25) is 9.59 Å². The lowest BCUT2D eigenvalue weighted by atomic mass is 10.0. The fraction of sp³-hybridized carbons (Fsp3) is 0.583. The molecule has 1 aromatic carbocycles. The van der Waals surface area contributed by atoms with Gasteiger partial charge in [0, 0.05) is 19.4 Å². The average Bonchev–Trinajstić information content (AvgIpc) is 2.64. The molecular formula is C24H36O4. The molecule has 0 amide bonds. The summed E-state index contributed by atoms with van der Waals surface area (Å²) in [5.74, 6) is -0.973. The van der Waals surface area contributed by atoms with E-state index in [9.17, 15) is 9.59 Å². The van der Waals surface area contributed by atoms with Gasteiger partial charge >= 0.3 is 11.9 Å². The highest BCUT2D eigenvalue weighted by Gasteiger charge is 2.17. The van der Waals surface area contributed by atoms with Gasteiger partial charge in [0.15, 0.2) is 0 Å². The van der Waals surface area contributed by atoms with Gasteiger partial charge in [0.25, 0.3) is 6.29 Å². The van der Waals surface area contributed by atoms with Crippen LogP contribution in [0.5, 0.6) is 0 Å². The summed E-state index contributed by atoms with van der Waals surface area (Å²) in [7, 11) is 0. The lowest BCUT2D eigenvalue weighted by molar-refractivity contribution is -0.177. The Morgan fingerprint density at radius 3 is 1.82 bits per heavy atom. The summed E-state index contributed by atoms with van der Waals surface area (Å²) in [5, 5.41) is 0. The minimum atomic E-state index is -0.980. The molecule has 0 aliphatic carbocycles. The Morgan fingerprint density at radius 2 is 1.32 bits per heavy atom. The average molecular weight is 389 g/mol. The molecule has 0 spiro atoms. The van der Waals surface area contributed by atoms with Gasteiger partial charge in [0.1, 0.15) is 0 Å². The largest absolute Gasteiger partial charge is 0.421 e. The first-order valence-corrected chi connectivity index (χ1v) is 10.5. The van der Waals surface area contributed by atoms with Crippen LogP contribution in [-0.2, 0) is 25.5 Å². The zero-order chi connectivity index (χ0) is 20.8. The van der Waals surface area contributed by atoms with Gasteiger partial charge in [0.2, 0.25) is 0 Å². The number of rotatable bonds is 13. The lowest BCUT2D eigenvalue weighted by Gasteiger charge is -2.17. The summed E-state index contributed by atoms with van der Waals surface area (Å²) >= 11 is 0. The van der Waals surface area contributed by atoms with E-state index in [-0.39, 0.29) is 0 Å². The quantitative estimate of drug-likeness (QED) is 0.228. The minimum absolute atomic E-state index is 0.486. The van der Waals surface area contributed by atoms with Crippen molar-refractivity contribution in [2.75, 3.05) is 0 Å². The van der Waals surface area contributed by atoms with Crippen LogP contribution in [0.1, 0.15) is 90.2 Å². The Hall–Kier alpha value is -2.10. The highest BCUT2D eigenvalue weighted by atomic mass is 16.7. The van der Waals surface area contributed by atoms with Gasteiger partial charge in [0.05, 0.1) is 0 Å². The third-order valence-corrected chi connectivity index (χ3v) is 4.61. The maximum absolute atomic E-state index is 11.2. The van der Waals surface area contributed by atoms with E-state index >= 15 is 0 Å². The normalized spacial score (nSPS) is 11.5. The number of unbranched alkanes of at least 4 members (excludes halogenated alkanes) is 7. The van der Waals surface area contributed by atoms with Gasteiger partial charge in [-0.2, -0.15) is 0 Å². The maximum Gasteiger partial charge on any atom is 0.305 e. The number of ether oxygens (including phenoxy) is 2. The lowest BCUT2D eigenvalue weighted by Crippen LogP contribution is -2.23. The standard InChI is InChI=1S/C24H36O4/c1-5-6-7-8-9-10-11-12-13-22-14-16-23(17-15-22)18-19(2)24(27-20(3)25)28-21(4)26/h14-18,24H,5-13H2,1-4H3. The van der Waals surface area contributed by atoms with Crippen LogP contribution < -0.4 is 0 Å². The summed E-state index contributed by atoms with van der Waals surface area (Å²) in [6, 6.07) is 8.35. The van der Waals surface area contributed by atoms with Crippen molar-refractivity contribution in [1.29, 1.82) is 0 Å². The van der Waals surface area contributed by atoms with E-state index < -0.39 is 18.2 Å². The number of hydrogen-bond acceptors (Lipinski definition) is 4. The number of hydrogen-bond donors (Lipinski definition) is 0. The molecule has 4 nitrogen and oxygen atoms in total. The zero-order valence-electron chi connectivity index (χ0n) is 18.0. The Labute approximate surface area is 170 Å². The molecular weight excluding hydrogens is 352 g/mol. The predicted octanol–water partition coefficient (Wildman–Crippen LogP) is 6.23. The number of benzene rings is 1. The smallest absolute Gasteiger partial charge is 0.305 e. The third-order valence-electron chi connectivity index (χ3n) is 4.61. The molecule has 0 aliphatic heterocycles. The maximum atomic E-state index is 11.2. The molecule has 0 radical (unpaired) electrons. The Bertz CT molecular complexity index is 600. The van der Waals surface area contributed by atoms with E-state index in [1.54, 1.807) is 6.92 Å². The van der Waals surface area contributed by atoms with Crippen molar-refractivity contribution in [2.45, 2.75) is 91.8 Å². The zero-order valence-corrected chi connectivity index (χ0v) is 18.0. The van der Waals surface area contributed by atoms with Crippen molar-refractivity contribution < 1.29 is 19.1 Å². The van der Waals surface area contributed by atoms with Gasteiger partial charge < -0.3 is 9.47 Å². The topological polar surface area (TPSA) is 52.6 Å². The summed E-state index contributed by atoms with van der Waals surface area (Å²) in [6.07, 6.45) is 12.6. The molecule has 0 N–H and O–H groups in total. The van der Waals surface area contributed by atoms with Gasteiger partial charge in [-0.25, -0.2) is 0 Å². The van der Waals surface area contributed by atoms with Crippen LogP contribution in [0.4, 0.5) is 0 Å². The fourth-order valence-corrected chi connectivity index (χ4v) is 3.09. The Kier molecular flexibility index (Phi) is 11.9. The van der Waals surface area contributed by atoms with Crippen LogP contribution in [0.25, 0.3) is 6.08 Å². The second kappa shape index (κ2) is 14.0. The molecule has 4 heteroatoms. The third kappa shape index (κ3) is 10.9. The van der Waals surface area contributed by atoms with E-state index in [4.69, 9.17) is 9.47 Å². The fourth-order valence-electron chi connectivity index (χ4n) is 3.09.